The van der Waals surface area contributed by atoms with Gasteiger partial charge in [0.15, 0.2) is 5.79 Å². The first kappa shape index (κ1) is 20.8. The molecule has 0 aliphatic carbocycles. The molecular formula is C21H26FN3O5. The van der Waals surface area contributed by atoms with Crippen molar-refractivity contribution in [3.05, 3.63) is 46.9 Å². The predicted molar refractivity (Wildman–Crippen MR) is 105 cm³/mol. The van der Waals surface area contributed by atoms with E-state index in [0.29, 0.717) is 57.0 Å². The lowest BCUT2D eigenvalue weighted by molar-refractivity contribution is -0.184. The Bertz CT molecular complexity index is 843. The van der Waals surface area contributed by atoms with E-state index in [1.807, 2.05) is 0 Å². The number of nitrogens with zero attached hydrogens (tertiary/aromatic N) is 1. The van der Waals surface area contributed by atoms with Gasteiger partial charge >= 0.3 is 12.0 Å². The number of rotatable bonds is 5. The van der Waals surface area contributed by atoms with Crippen LogP contribution < -0.4 is 10.6 Å². The van der Waals surface area contributed by atoms with Gasteiger partial charge in [-0.05, 0) is 24.6 Å². The van der Waals surface area contributed by atoms with Crippen LogP contribution in [0.1, 0.15) is 31.4 Å². The van der Waals surface area contributed by atoms with Crippen molar-refractivity contribution in [3.63, 3.8) is 0 Å². The number of carbonyl (C=O) groups is 2. The van der Waals surface area contributed by atoms with Gasteiger partial charge in [-0.1, -0.05) is 12.1 Å². The fourth-order valence-electron chi connectivity index (χ4n) is 4.19. The second-order valence-electron chi connectivity index (χ2n) is 7.58. The first-order chi connectivity index (χ1) is 14.5. The van der Waals surface area contributed by atoms with Crippen LogP contribution in [-0.2, 0) is 19.0 Å². The molecule has 0 radical (unpaired) electrons. The topological polar surface area (TPSA) is 89.1 Å². The van der Waals surface area contributed by atoms with E-state index in [4.69, 9.17) is 14.2 Å². The molecule has 3 heterocycles. The molecule has 2 N–H and O–H groups in total. The third-order valence-electron chi connectivity index (χ3n) is 5.64. The van der Waals surface area contributed by atoms with Crippen LogP contribution in [0.4, 0.5) is 9.18 Å². The molecule has 1 atom stereocenters. The molecule has 3 aliphatic rings. The average Bonchev–Trinajstić information content (AvgIpc) is 3.18. The molecule has 1 aromatic rings. The number of carbonyl (C=O) groups excluding carboxylic acids is 2. The molecule has 0 bridgehead atoms. The fourth-order valence-corrected chi connectivity index (χ4v) is 4.19. The molecule has 4 rings (SSSR count). The minimum atomic E-state index is -0.791. The standard InChI is InChI=1S/C21H26FN3O5/c1-2-28-19(26)17-16(13-25-8-6-21(7-9-25)29-10-11-30-21)23-20(27)24-18(17)14-4-3-5-15(22)12-14/h3-5,12,18H,2,6-11,13H2,1H3,(H2,23,24,27)/t18-/m0/s1. The van der Waals surface area contributed by atoms with Gasteiger partial charge in [0.2, 0.25) is 0 Å². The highest BCUT2D eigenvalue weighted by atomic mass is 19.1. The van der Waals surface area contributed by atoms with Crippen molar-refractivity contribution in [3.8, 4) is 0 Å². The van der Waals surface area contributed by atoms with Gasteiger partial charge in [0, 0.05) is 38.2 Å². The Labute approximate surface area is 174 Å². The number of halogens is 1. The molecule has 0 saturated carbocycles. The van der Waals surface area contributed by atoms with E-state index in [0.717, 1.165) is 0 Å². The Morgan fingerprint density at radius 1 is 1.30 bits per heavy atom. The SMILES string of the molecule is CCOC(=O)C1=C(CN2CCC3(CC2)OCCO3)NC(=O)N[C@H]1c1cccc(F)c1. The maximum atomic E-state index is 13.8. The summed E-state index contributed by atoms with van der Waals surface area (Å²) >= 11 is 0. The fraction of sp³-hybridized carbons (Fsp3) is 0.524. The van der Waals surface area contributed by atoms with E-state index < -0.39 is 29.6 Å². The number of ether oxygens (including phenoxy) is 3. The summed E-state index contributed by atoms with van der Waals surface area (Å²) in [5, 5.41) is 5.48. The lowest BCUT2D eigenvalue weighted by Crippen LogP contribution is -2.51. The monoisotopic (exact) mass is 419 g/mol. The number of benzene rings is 1. The van der Waals surface area contributed by atoms with Gasteiger partial charge in [-0.3, -0.25) is 4.90 Å². The molecule has 162 valence electrons. The lowest BCUT2D eigenvalue weighted by atomic mass is 9.94. The van der Waals surface area contributed by atoms with Crippen molar-refractivity contribution in [2.45, 2.75) is 31.6 Å². The number of likely N-dealkylation sites (tertiary alicyclic amines) is 1. The summed E-state index contributed by atoms with van der Waals surface area (Å²) in [5.41, 5.74) is 1.24. The van der Waals surface area contributed by atoms with E-state index in [-0.39, 0.29) is 12.2 Å². The summed E-state index contributed by atoms with van der Waals surface area (Å²) in [5.74, 6) is -1.48. The van der Waals surface area contributed by atoms with Gasteiger partial charge in [-0.2, -0.15) is 0 Å². The zero-order valence-corrected chi connectivity index (χ0v) is 16.9. The van der Waals surface area contributed by atoms with Gasteiger partial charge in [0.1, 0.15) is 5.82 Å². The van der Waals surface area contributed by atoms with Crippen LogP contribution in [0.3, 0.4) is 0 Å². The molecule has 3 aliphatic heterocycles. The predicted octanol–water partition coefficient (Wildman–Crippen LogP) is 1.84. The van der Waals surface area contributed by atoms with Crippen molar-refractivity contribution in [1.82, 2.24) is 15.5 Å². The average molecular weight is 419 g/mol. The van der Waals surface area contributed by atoms with Crippen LogP contribution >= 0.6 is 0 Å². The van der Waals surface area contributed by atoms with Crippen LogP contribution in [0.15, 0.2) is 35.5 Å². The molecule has 0 unspecified atom stereocenters. The van der Waals surface area contributed by atoms with Gasteiger partial charge in [0.25, 0.3) is 0 Å². The number of hydrogen-bond donors (Lipinski definition) is 2. The highest BCUT2D eigenvalue weighted by Gasteiger charge is 2.41. The molecule has 2 amide bonds. The van der Waals surface area contributed by atoms with Crippen molar-refractivity contribution in [1.29, 1.82) is 0 Å². The molecule has 2 fully saturated rings. The van der Waals surface area contributed by atoms with E-state index >= 15 is 0 Å². The minimum Gasteiger partial charge on any atom is -0.463 e. The van der Waals surface area contributed by atoms with E-state index in [1.54, 1.807) is 19.1 Å². The van der Waals surface area contributed by atoms with Gasteiger partial charge < -0.3 is 24.8 Å². The second-order valence-corrected chi connectivity index (χ2v) is 7.58. The van der Waals surface area contributed by atoms with Gasteiger partial charge in [-0.15, -0.1) is 0 Å². The van der Waals surface area contributed by atoms with Crippen LogP contribution in [0, 0.1) is 5.82 Å². The molecule has 8 nitrogen and oxygen atoms in total. The van der Waals surface area contributed by atoms with E-state index in [1.165, 1.54) is 12.1 Å². The smallest absolute Gasteiger partial charge is 0.338 e. The molecule has 30 heavy (non-hydrogen) atoms. The lowest BCUT2D eigenvalue weighted by Gasteiger charge is -2.39. The maximum Gasteiger partial charge on any atom is 0.338 e. The Morgan fingerprint density at radius 2 is 2.03 bits per heavy atom. The van der Waals surface area contributed by atoms with Gasteiger partial charge in [0.05, 0.1) is 31.4 Å². The minimum absolute atomic E-state index is 0.195. The highest BCUT2D eigenvalue weighted by Crippen LogP contribution is 2.33. The quantitative estimate of drug-likeness (QED) is 0.708. The maximum absolute atomic E-state index is 13.8. The summed E-state index contributed by atoms with van der Waals surface area (Å²) in [7, 11) is 0. The Kier molecular flexibility index (Phi) is 6.03. The third-order valence-corrected chi connectivity index (χ3v) is 5.64. The molecular weight excluding hydrogens is 393 g/mol. The van der Waals surface area contributed by atoms with E-state index in [2.05, 4.69) is 15.5 Å². The number of piperidine rings is 1. The van der Waals surface area contributed by atoms with Crippen molar-refractivity contribution >= 4 is 12.0 Å². The molecule has 2 saturated heterocycles. The van der Waals surface area contributed by atoms with Crippen molar-refractivity contribution in [2.75, 3.05) is 39.5 Å². The Morgan fingerprint density at radius 3 is 2.70 bits per heavy atom. The van der Waals surface area contributed by atoms with Crippen LogP contribution in [0.2, 0.25) is 0 Å². The zero-order chi connectivity index (χ0) is 21.1. The summed E-state index contributed by atoms with van der Waals surface area (Å²) in [6.07, 6.45) is 1.43. The summed E-state index contributed by atoms with van der Waals surface area (Å²) in [6, 6.07) is 4.62. The zero-order valence-electron chi connectivity index (χ0n) is 16.9. The summed E-state index contributed by atoms with van der Waals surface area (Å²) < 4.78 is 30.6. The van der Waals surface area contributed by atoms with Crippen LogP contribution in [0.25, 0.3) is 0 Å². The molecule has 1 aromatic carbocycles. The summed E-state index contributed by atoms with van der Waals surface area (Å²) in [6.45, 7) is 4.89. The van der Waals surface area contributed by atoms with Crippen molar-refractivity contribution in [2.24, 2.45) is 0 Å². The second kappa shape index (κ2) is 8.71. The molecule has 9 heteroatoms. The largest absolute Gasteiger partial charge is 0.463 e. The van der Waals surface area contributed by atoms with Gasteiger partial charge in [-0.25, -0.2) is 14.0 Å². The summed E-state index contributed by atoms with van der Waals surface area (Å²) in [4.78, 5) is 27.3. The van der Waals surface area contributed by atoms with Crippen LogP contribution in [0.5, 0.6) is 0 Å². The van der Waals surface area contributed by atoms with E-state index in [9.17, 15) is 14.0 Å². The first-order valence-electron chi connectivity index (χ1n) is 10.2. The Balaban J connectivity index is 1.60. The Hall–Kier alpha value is -2.49. The highest BCUT2D eigenvalue weighted by molar-refractivity contribution is 5.95. The molecule has 1 spiro atoms. The first-order valence-corrected chi connectivity index (χ1v) is 10.2. The number of urea groups is 1. The number of amides is 2. The number of hydrogen-bond acceptors (Lipinski definition) is 6. The van der Waals surface area contributed by atoms with Crippen molar-refractivity contribution < 1.29 is 28.2 Å². The normalized spacial score (nSPS) is 23.9. The number of nitrogens with one attached hydrogen (secondary N) is 2. The number of esters is 1. The third kappa shape index (κ3) is 4.33. The van der Waals surface area contributed by atoms with Crippen LogP contribution in [-0.4, -0.2) is 62.1 Å². The molecule has 0 aromatic heterocycles.